The van der Waals surface area contributed by atoms with E-state index in [-0.39, 0.29) is 24.8 Å². The molecule has 1 aromatic carbocycles. The fraction of sp³-hybridized carbons (Fsp3) is 0.743. The standard InChI is InChI=1S/C35H55N3O8S2/c1-35(2,34(43)38-16-18-46-19-17-38)48(44,45)23-27(20-24-10-6-4-7-11-24)32(41)36-22-29(47-3)33(42)37-28(21-25-12-8-5-9-13-25)31(40)30(39)26-14-15-26/h4,6-7,10-11,25-31,39-40H,5,8-9,12-23H2,1-3H3,(H,36,41)(H,37,42)/t27-,28+,29-,30+,31-/m1/s1. The fourth-order valence-corrected chi connectivity index (χ4v) is 8.94. The van der Waals surface area contributed by atoms with Crippen molar-refractivity contribution in [3.63, 3.8) is 0 Å². The molecule has 1 heterocycles. The number of carbonyl (C=O) groups is 3. The number of rotatable bonds is 17. The summed E-state index contributed by atoms with van der Waals surface area (Å²) >= 11 is 1.25. The van der Waals surface area contributed by atoms with Crippen LogP contribution in [0.3, 0.4) is 0 Å². The van der Waals surface area contributed by atoms with E-state index in [0.717, 1.165) is 44.1 Å². The van der Waals surface area contributed by atoms with Gasteiger partial charge in [0.05, 0.1) is 37.0 Å². The summed E-state index contributed by atoms with van der Waals surface area (Å²) < 4.78 is 31.2. The van der Waals surface area contributed by atoms with Gasteiger partial charge in [-0.3, -0.25) is 14.4 Å². The predicted octanol–water partition coefficient (Wildman–Crippen LogP) is 2.33. The monoisotopic (exact) mass is 709 g/mol. The van der Waals surface area contributed by atoms with E-state index in [1.165, 1.54) is 36.9 Å². The normalized spacial score (nSPS) is 21.1. The number of thioether (sulfide) groups is 1. The van der Waals surface area contributed by atoms with Crippen molar-refractivity contribution in [1.82, 2.24) is 15.5 Å². The Hall–Kier alpha value is -2.19. The Kier molecular flexibility index (Phi) is 14.2. The van der Waals surface area contributed by atoms with E-state index in [1.54, 1.807) is 6.26 Å². The number of aliphatic hydroxyl groups is 2. The van der Waals surface area contributed by atoms with Crippen molar-refractivity contribution in [3.05, 3.63) is 35.9 Å². The summed E-state index contributed by atoms with van der Waals surface area (Å²) in [4.78, 5) is 42.2. The molecule has 3 aliphatic rings. The van der Waals surface area contributed by atoms with Crippen molar-refractivity contribution in [2.24, 2.45) is 17.8 Å². The zero-order valence-electron chi connectivity index (χ0n) is 28.6. The van der Waals surface area contributed by atoms with Gasteiger partial charge >= 0.3 is 0 Å². The Morgan fingerprint density at radius 2 is 1.65 bits per heavy atom. The molecule has 270 valence electrons. The minimum atomic E-state index is -4.11. The lowest BCUT2D eigenvalue weighted by Crippen LogP contribution is -2.55. The molecule has 1 saturated heterocycles. The highest BCUT2D eigenvalue weighted by molar-refractivity contribution is 8.00. The third kappa shape index (κ3) is 10.4. The first-order valence-corrected chi connectivity index (χ1v) is 20.4. The Labute approximate surface area is 290 Å². The number of benzene rings is 1. The van der Waals surface area contributed by atoms with E-state index in [2.05, 4.69) is 10.6 Å². The van der Waals surface area contributed by atoms with Gasteiger partial charge < -0.3 is 30.5 Å². The first-order chi connectivity index (χ1) is 22.8. The van der Waals surface area contributed by atoms with Gasteiger partial charge in [0.25, 0.3) is 0 Å². The second-order valence-corrected chi connectivity index (χ2v) is 17.8. The molecular weight excluding hydrogens is 655 g/mol. The molecule has 0 bridgehead atoms. The number of hydrogen-bond acceptors (Lipinski definition) is 9. The topological polar surface area (TPSA) is 162 Å². The van der Waals surface area contributed by atoms with Crippen LogP contribution in [0.25, 0.3) is 0 Å². The largest absolute Gasteiger partial charge is 0.390 e. The molecule has 2 aliphatic carbocycles. The highest BCUT2D eigenvalue weighted by atomic mass is 32.2. The van der Waals surface area contributed by atoms with Gasteiger partial charge in [0.1, 0.15) is 16.1 Å². The van der Waals surface area contributed by atoms with Crippen molar-refractivity contribution in [2.45, 2.75) is 99.9 Å². The van der Waals surface area contributed by atoms with E-state index in [4.69, 9.17) is 4.74 Å². The predicted molar refractivity (Wildman–Crippen MR) is 187 cm³/mol. The molecule has 0 radical (unpaired) electrons. The minimum absolute atomic E-state index is 0.0494. The highest BCUT2D eigenvalue weighted by Gasteiger charge is 2.46. The molecule has 2 saturated carbocycles. The highest BCUT2D eigenvalue weighted by Crippen LogP contribution is 2.36. The summed E-state index contributed by atoms with van der Waals surface area (Å²) in [5.74, 6) is -2.52. The number of hydrogen-bond donors (Lipinski definition) is 4. The molecule has 11 nitrogen and oxygen atoms in total. The van der Waals surface area contributed by atoms with E-state index in [1.807, 2.05) is 30.3 Å². The third-order valence-corrected chi connectivity index (χ3v) is 13.8. The average molecular weight is 710 g/mol. The molecule has 0 unspecified atom stereocenters. The molecule has 5 atom stereocenters. The van der Waals surface area contributed by atoms with Gasteiger partial charge in [-0.15, -0.1) is 0 Å². The van der Waals surface area contributed by atoms with Crippen LogP contribution in [0.1, 0.15) is 70.8 Å². The summed E-state index contributed by atoms with van der Waals surface area (Å²) in [7, 11) is -4.11. The fourth-order valence-electron chi connectivity index (χ4n) is 6.80. The molecule has 13 heteroatoms. The quantitative estimate of drug-likeness (QED) is 0.190. The maximum Gasteiger partial charge on any atom is 0.243 e. The van der Waals surface area contributed by atoms with Crippen LogP contribution in [0.15, 0.2) is 30.3 Å². The van der Waals surface area contributed by atoms with Crippen LogP contribution < -0.4 is 10.6 Å². The van der Waals surface area contributed by atoms with E-state index < -0.39 is 61.6 Å². The first-order valence-electron chi connectivity index (χ1n) is 17.4. The lowest BCUT2D eigenvalue weighted by molar-refractivity contribution is -0.137. The maximum absolute atomic E-state index is 13.8. The van der Waals surface area contributed by atoms with Gasteiger partial charge in [0, 0.05) is 19.6 Å². The molecule has 1 aliphatic heterocycles. The van der Waals surface area contributed by atoms with Crippen molar-refractivity contribution in [3.8, 4) is 0 Å². The van der Waals surface area contributed by atoms with Gasteiger partial charge in [0.15, 0.2) is 9.84 Å². The van der Waals surface area contributed by atoms with Crippen molar-refractivity contribution < 1.29 is 37.8 Å². The van der Waals surface area contributed by atoms with Gasteiger partial charge in [-0.05, 0) is 63.2 Å². The SMILES string of the molecule is CS[C@H](CNC(=O)[C@H](Cc1ccccc1)CS(=O)(=O)C(C)(C)C(=O)N1CCOCC1)C(=O)N[C@@H](CC1CCCCC1)[C@@H](O)[C@@H](O)C1CC1. The molecule has 1 aromatic rings. The molecule has 0 aromatic heterocycles. The van der Waals surface area contributed by atoms with Gasteiger partial charge in [-0.2, -0.15) is 11.8 Å². The number of nitrogens with one attached hydrogen (secondary N) is 2. The van der Waals surface area contributed by atoms with E-state index >= 15 is 0 Å². The molecule has 3 amide bonds. The smallest absolute Gasteiger partial charge is 0.243 e. The van der Waals surface area contributed by atoms with Crippen LogP contribution in [-0.4, -0.2) is 114 Å². The molecular formula is C35H55N3O8S2. The lowest BCUT2D eigenvalue weighted by Gasteiger charge is -2.34. The molecule has 3 fully saturated rings. The van der Waals surface area contributed by atoms with Crippen LogP contribution in [0.2, 0.25) is 0 Å². The maximum atomic E-state index is 13.8. The Balaban J connectivity index is 1.44. The van der Waals surface area contributed by atoms with Crippen LogP contribution in [0.5, 0.6) is 0 Å². The average Bonchev–Trinajstić information content (AvgIpc) is 3.94. The third-order valence-electron chi connectivity index (χ3n) is 10.3. The van der Waals surface area contributed by atoms with Crippen molar-refractivity contribution >= 4 is 39.3 Å². The summed E-state index contributed by atoms with van der Waals surface area (Å²) in [5.41, 5.74) is 0.776. The minimum Gasteiger partial charge on any atom is -0.390 e. The summed E-state index contributed by atoms with van der Waals surface area (Å²) in [6.45, 7) is 4.03. The second-order valence-electron chi connectivity index (χ2n) is 14.2. The number of nitrogens with zero attached hydrogens (tertiary/aromatic N) is 1. The Morgan fingerprint density at radius 3 is 2.25 bits per heavy atom. The Bertz CT molecular complexity index is 1310. The lowest BCUT2D eigenvalue weighted by atomic mass is 9.82. The number of aliphatic hydroxyl groups excluding tert-OH is 2. The molecule has 4 N–H and O–H groups in total. The summed E-state index contributed by atoms with van der Waals surface area (Å²) in [6, 6.07) is 8.51. The number of carbonyl (C=O) groups excluding carboxylic acids is 3. The van der Waals surface area contributed by atoms with Crippen LogP contribution in [-0.2, 0) is 35.4 Å². The first kappa shape index (κ1) is 38.6. The van der Waals surface area contributed by atoms with Crippen LogP contribution in [0.4, 0.5) is 0 Å². The molecule has 48 heavy (non-hydrogen) atoms. The molecule has 4 rings (SSSR count). The summed E-state index contributed by atoms with van der Waals surface area (Å²) in [5, 5.41) is 27.0. The number of amides is 3. The zero-order valence-corrected chi connectivity index (χ0v) is 30.3. The van der Waals surface area contributed by atoms with Crippen molar-refractivity contribution in [2.75, 3.05) is 44.9 Å². The number of sulfone groups is 1. The van der Waals surface area contributed by atoms with Crippen LogP contribution >= 0.6 is 11.8 Å². The van der Waals surface area contributed by atoms with Gasteiger partial charge in [-0.25, -0.2) is 8.42 Å². The second kappa shape index (κ2) is 17.6. The Morgan fingerprint density at radius 1 is 1.00 bits per heavy atom. The number of ether oxygens (including phenoxy) is 1. The van der Waals surface area contributed by atoms with Crippen molar-refractivity contribution in [1.29, 1.82) is 0 Å². The zero-order chi connectivity index (χ0) is 34.9. The number of morpholine rings is 1. The van der Waals surface area contributed by atoms with E-state index in [0.29, 0.717) is 38.6 Å². The van der Waals surface area contributed by atoms with Gasteiger partial charge in [-0.1, -0.05) is 62.4 Å². The van der Waals surface area contributed by atoms with E-state index in [9.17, 15) is 33.0 Å². The van der Waals surface area contributed by atoms with Gasteiger partial charge in [0.2, 0.25) is 17.7 Å². The molecule has 0 spiro atoms. The van der Waals surface area contributed by atoms with Crippen LogP contribution in [0, 0.1) is 17.8 Å². The summed E-state index contributed by atoms with van der Waals surface area (Å²) in [6.07, 6.45) is 7.70.